The number of allylic oxidation sites excluding steroid dienone is 1. The number of rotatable bonds is 2. The van der Waals surface area contributed by atoms with Crippen LogP contribution in [0.4, 0.5) is 0 Å². The normalized spacial score (nSPS) is 14.2. The highest BCUT2D eigenvalue weighted by Gasteiger charge is 2.13. The lowest BCUT2D eigenvalue weighted by Gasteiger charge is -2.17. The number of hydrogen-bond donors (Lipinski definition) is 2. The van der Waals surface area contributed by atoms with Crippen LogP contribution in [0.2, 0.25) is 0 Å². The average Bonchev–Trinajstić information content (AvgIpc) is 2.82. The minimum atomic E-state index is 0.416. The number of aromatic hydroxyl groups is 1. The van der Waals surface area contributed by atoms with Crippen molar-refractivity contribution in [3.63, 3.8) is 0 Å². The number of aromatic amines is 1. The lowest BCUT2D eigenvalue weighted by molar-refractivity contribution is 0.467. The van der Waals surface area contributed by atoms with Gasteiger partial charge in [0.15, 0.2) is 0 Å². The van der Waals surface area contributed by atoms with Gasteiger partial charge in [-0.15, -0.1) is 0 Å². The first kappa shape index (κ1) is 10.1. The molecule has 2 N–H and O–H groups in total. The van der Waals surface area contributed by atoms with Crippen molar-refractivity contribution in [2.45, 2.75) is 19.3 Å². The standard InChI is InChI=1S/C14H14N2O/c17-14-3-1-2-11-6-10(4-5-13(11)14)7-12-8-15-9-16-12/h1-3,6,8-9,17H,4-5,7H2,(H,15,16). The summed E-state index contributed by atoms with van der Waals surface area (Å²) in [6.45, 7) is 0. The minimum absolute atomic E-state index is 0.416. The quantitative estimate of drug-likeness (QED) is 0.827. The number of hydrogen-bond acceptors (Lipinski definition) is 2. The lowest BCUT2D eigenvalue weighted by Crippen LogP contribution is -2.02. The van der Waals surface area contributed by atoms with E-state index in [1.165, 1.54) is 5.57 Å². The molecule has 0 fully saturated rings. The molecule has 3 rings (SSSR count). The van der Waals surface area contributed by atoms with Gasteiger partial charge in [-0.25, -0.2) is 4.98 Å². The first-order valence-electron chi connectivity index (χ1n) is 5.80. The van der Waals surface area contributed by atoms with Crippen molar-refractivity contribution in [2.75, 3.05) is 0 Å². The number of nitrogens with zero attached hydrogens (tertiary/aromatic N) is 1. The molecular formula is C14H14N2O. The smallest absolute Gasteiger partial charge is 0.119 e. The lowest BCUT2D eigenvalue weighted by atomic mass is 9.90. The maximum absolute atomic E-state index is 9.75. The Labute approximate surface area is 99.8 Å². The molecule has 3 heteroatoms. The Morgan fingerprint density at radius 2 is 2.24 bits per heavy atom. The Morgan fingerprint density at radius 1 is 1.29 bits per heavy atom. The van der Waals surface area contributed by atoms with E-state index in [2.05, 4.69) is 22.1 Å². The van der Waals surface area contributed by atoms with Crippen LogP contribution in [0.1, 0.15) is 23.2 Å². The van der Waals surface area contributed by atoms with E-state index in [0.717, 1.165) is 36.1 Å². The van der Waals surface area contributed by atoms with E-state index in [-0.39, 0.29) is 0 Å². The van der Waals surface area contributed by atoms with E-state index >= 15 is 0 Å². The topological polar surface area (TPSA) is 48.9 Å². The molecule has 1 aromatic heterocycles. The van der Waals surface area contributed by atoms with Crippen LogP contribution in [-0.4, -0.2) is 15.1 Å². The molecule has 0 bridgehead atoms. The third kappa shape index (κ3) is 1.96. The van der Waals surface area contributed by atoms with Gasteiger partial charge in [0.1, 0.15) is 5.75 Å². The molecule has 0 radical (unpaired) electrons. The summed E-state index contributed by atoms with van der Waals surface area (Å²) in [5.41, 5.74) is 4.74. The number of phenols is 1. The van der Waals surface area contributed by atoms with Crippen LogP contribution in [0, 0.1) is 0 Å². The zero-order valence-electron chi connectivity index (χ0n) is 9.48. The molecule has 3 nitrogen and oxygen atoms in total. The van der Waals surface area contributed by atoms with Crippen molar-refractivity contribution in [2.24, 2.45) is 0 Å². The third-order valence-electron chi connectivity index (χ3n) is 3.22. The summed E-state index contributed by atoms with van der Waals surface area (Å²) < 4.78 is 0. The van der Waals surface area contributed by atoms with E-state index in [4.69, 9.17) is 0 Å². The molecule has 1 aliphatic rings. The summed E-state index contributed by atoms with van der Waals surface area (Å²) in [4.78, 5) is 7.14. The third-order valence-corrected chi connectivity index (χ3v) is 3.22. The van der Waals surface area contributed by atoms with Crippen LogP contribution in [0.5, 0.6) is 5.75 Å². The summed E-state index contributed by atoms with van der Waals surface area (Å²) >= 11 is 0. The van der Waals surface area contributed by atoms with Gasteiger partial charge in [0.05, 0.1) is 6.33 Å². The molecule has 17 heavy (non-hydrogen) atoms. The van der Waals surface area contributed by atoms with Crippen molar-refractivity contribution < 1.29 is 5.11 Å². The fourth-order valence-electron chi connectivity index (χ4n) is 2.34. The summed E-state index contributed by atoms with van der Waals surface area (Å²) in [7, 11) is 0. The fraction of sp³-hybridized carbons (Fsp3) is 0.214. The summed E-state index contributed by atoms with van der Waals surface area (Å²) in [6.07, 6.45) is 8.58. The Balaban J connectivity index is 1.90. The fourth-order valence-corrected chi connectivity index (χ4v) is 2.34. The molecular weight excluding hydrogens is 212 g/mol. The van der Waals surface area contributed by atoms with Gasteiger partial charge in [0.2, 0.25) is 0 Å². The van der Waals surface area contributed by atoms with Gasteiger partial charge in [-0.05, 0) is 24.5 Å². The molecule has 0 saturated heterocycles. The van der Waals surface area contributed by atoms with Crippen LogP contribution in [0.25, 0.3) is 6.08 Å². The van der Waals surface area contributed by atoms with Crippen molar-refractivity contribution in [3.05, 3.63) is 53.1 Å². The Kier molecular flexibility index (Phi) is 2.44. The molecule has 1 heterocycles. The molecule has 0 saturated carbocycles. The van der Waals surface area contributed by atoms with Crippen molar-refractivity contribution >= 4 is 6.08 Å². The molecule has 0 aliphatic heterocycles. The largest absolute Gasteiger partial charge is 0.508 e. The Morgan fingerprint density at radius 3 is 3.06 bits per heavy atom. The zero-order chi connectivity index (χ0) is 11.7. The summed E-state index contributed by atoms with van der Waals surface area (Å²) in [5, 5.41) is 9.75. The minimum Gasteiger partial charge on any atom is -0.508 e. The highest BCUT2D eigenvalue weighted by Crippen LogP contribution is 2.31. The van der Waals surface area contributed by atoms with Crippen LogP contribution < -0.4 is 0 Å². The van der Waals surface area contributed by atoms with Gasteiger partial charge < -0.3 is 10.1 Å². The molecule has 2 aromatic rings. The van der Waals surface area contributed by atoms with Crippen molar-refractivity contribution in [1.29, 1.82) is 0 Å². The SMILES string of the molecule is Oc1cccc2c1CCC(Cc1cnc[nH]1)=C2. The van der Waals surface area contributed by atoms with Gasteiger partial charge in [-0.3, -0.25) is 0 Å². The molecule has 0 amide bonds. The molecule has 1 aliphatic carbocycles. The average molecular weight is 226 g/mol. The number of H-pyrrole nitrogens is 1. The highest BCUT2D eigenvalue weighted by atomic mass is 16.3. The predicted molar refractivity (Wildman–Crippen MR) is 66.7 cm³/mol. The maximum atomic E-state index is 9.75. The second-order valence-electron chi connectivity index (χ2n) is 4.40. The number of fused-ring (bicyclic) bond motifs is 1. The number of phenolic OH excluding ortho intramolecular Hbond substituents is 1. The summed E-state index contributed by atoms with van der Waals surface area (Å²) in [6, 6.07) is 5.71. The molecule has 0 spiro atoms. The van der Waals surface area contributed by atoms with Gasteiger partial charge in [0.25, 0.3) is 0 Å². The van der Waals surface area contributed by atoms with Crippen LogP contribution >= 0.6 is 0 Å². The van der Waals surface area contributed by atoms with Gasteiger partial charge in [0, 0.05) is 23.9 Å². The monoisotopic (exact) mass is 226 g/mol. The van der Waals surface area contributed by atoms with Gasteiger partial charge >= 0.3 is 0 Å². The van der Waals surface area contributed by atoms with E-state index in [9.17, 15) is 5.11 Å². The maximum Gasteiger partial charge on any atom is 0.119 e. The number of aromatic nitrogens is 2. The zero-order valence-corrected chi connectivity index (χ0v) is 9.48. The van der Waals surface area contributed by atoms with Gasteiger partial charge in [-0.2, -0.15) is 0 Å². The number of nitrogens with one attached hydrogen (secondary N) is 1. The second kappa shape index (κ2) is 4.09. The predicted octanol–water partition coefficient (Wildman–Crippen LogP) is 2.69. The molecule has 86 valence electrons. The molecule has 0 unspecified atom stereocenters. The van der Waals surface area contributed by atoms with E-state index in [1.54, 1.807) is 12.4 Å². The van der Waals surface area contributed by atoms with E-state index < -0.39 is 0 Å². The van der Waals surface area contributed by atoms with Crippen LogP contribution in [0.15, 0.2) is 36.3 Å². The van der Waals surface area contributed by atoms with Crippen molar-refractivity contribution in [3.8, 4) is 5.75 Å². The first-order valence-corrected chi connectivity index (χ1v) is 5.80. The Bertz CT molecular complexity index is 556. The number of benzene rings is 1. The van der Waals surface area contributed by atoms with Crippen LogP contribution in [-0.2, 0) is 12.8 Å². The number of imidazole rings is 1. The summed E-state index contributed by atoms with van der Waals surface area (Å²) in [5.74, 6) is 0.416. The van der Waals surface area contributed by atoms with Gasteiger partial charge in [-0.1, -0.05) is 23.8 Å². The highest BCUT2D eigenvalue weighted by molar-refractivity contribution is 5.63. The van der Waals surface area contributed by atoms with Crippen molar-refractivity contribution in [1.82, 2.24) is 9.97 Å². The second-order valence-corrected chi connectivity index (χ2v) is 4.40. The first-order chi connectivity index (χ1) is 8.33. The molecule has 0 atom stereocenters. The Hall–Kier alpha value is -2.03. The molecule has 1 aromatic carbocycles. The van der Waals surface area contributed by atoms with E-state index in [1.807, 2.05) is 12.3 Å². The van der Waals surface area contributed by atoms with Crippen LogP contribution in [0.3, 0.4) is 0 Å². The van der Waals surface area contributed by atoms with E-state index in [0.29, 0.717) is 5.75 Å².